The molecule has 1 aromatic carbocycles. The Bertz CT molecular complexity index is 661. The van der Waals surface area contributed by atoms with Crippen LogP contribution in [0.5, 0.6) is 5.75 Å². The Morgan fingerprint density at radius 1 is 1.32 bits per heavy atom. The molecule has 0 aliphatic rings. The number of Topliss-reactive ketones (excluding diaryl/α,β-unsaturated/α-hetero) is 1. The van der Waals surface area contributed by atoms with Crippen LogP contribution in [0.3, 0.4) is 0 Å². The highest BCUT2D eigenvalue weighted by molar-refractivity contribution is 7.18. The Balaban J connectivity index is 2.09. The summed E-state index contributed by atoms with van der Waals surface area (Å²) in [4.78, 5) is 12.3. The lowest BCUT2D eigenvalue weighted by Gasteiger charge is -2.06. The molecule has 0 amide bonds. The van der Waals surface area contributed by atoms with E-state index < -0.39 is 0 Å². The van der Waals surface area contributed by atoms with Gasteiger partial charge < -0.3 is 4.74 Å². The van der Waals surface area contributed by atoms with E-state index in [1.165, 1.54) is 17.4 Å². The van der Waals surface area contributed by atoms with Crippen LogP contribution in [0.1, 0.15) is 15.2 Å². The SMILES string of the molecule is N#Cc1ccc(Cl)cc1OCC(=O)c1ccc(Cl)s1. The Labute approximate surface area is 123 Å². The van der Waals surface area contributed by atoms with E-state index in [4.69, 9.17) is 33.2 Å². The largest absolute Gasteiger partial charge is 0.484 e. The fourth-order valence-electron chi connectivity index (χ4n) is 1.39. The molecule has 0 N–H and O–H groups in total. The minimum atomic E-state index is -0.194. The van der Waals surface area contributed by atoms with Gasteiger partial charge in [-0.25, -0.2) is 0 Å². The van der Waals surface area contributed by atoms with Crippen molar-refractivity contribution in [1.82, 2.24) is 0 Å². The number of nitriles is 1. The molecule has 6 heteroatoms. The molecular weight excluding hydrogens is 305 g/mol. The first-order chi connectivity index (χ1) is 9.10. The number of ketones is 1. The van der Waals surface area contributed by atoms with E-state index in [2.05, 4.69) is 0 Å². The summed E-state index contributed by atoms with van der Waals surface area (Å²) in [6, 6.07) is 9.92. The minimum Gasteiger partial charge on any atom is -0.484 e. The van der Waals surface area contributed by atoms with Crippen LogP contribution in [-0.4, -0.2) is 12.4 Å². The maximum absolute atomic E-state index is 11.8. The van der Waals surface area contributed by atoms with Crippen molar-refractivity contribution in [2.75, 3.05) is 6.61 Å². The summed E-state index contributed by atoms with van der Waals surface area (Å²) in [5.74, 6) is 0.103. The van der Waals surface area contributed by atoms with E-state index in [-0.39, 0.29) is 12.4 Å². The summed E-state index contributed by atoms with van der Waals surface area (Å²) in [6.45, 7) is -0.161. The second-order valence-corrected chi connectivity index (χ2v) is 5.72. The first-order valence-corrected chi connectivity index (χ1v) is 6.78. The Morgan fingerprint density at radius 2 is 2.11 bits per heavy atom. The van der Waals surface area contributed by atoms with E-state index >= 15 is 0 Å². The molecule has 0 spiro atoms. The standard InChI is InChI=1S/C13H7Cl2NO2S/c14-9-2-1-8(6-16)11(5-9)18-7-10(17)12-3-4-13(15)19-12/h1-5H,7H2. The molecule has 2 aromatic rings. The van der Waals surface area contributed by atoms with E-state index in [0.717, 1.165) is 0 Å². The summed E-state index contributed by atoms with van der Waals surface area (Å²) < 4.78 is 5.89. The zero-order chi connectivity index (χ0) is 13.8. The van der Waals surface area contributed by atoms with E-state index in [0.29, 0.717) is 25.5 Å². The molecule has 3 nitrogen and oxygen atoms in total. The van der Waals surface area contributed by atoms with Gasteiger partial charge in [-0.1, -0.05) is 23.2 Å². The molecule has 0 aliphatic carbocycles. The van der Waals surface area contributed by atoms with Crippen molar-refractivity contribution in [2.24, 2.45) is 0 Å². The van der Waals surface area contributed by atoms with Gasteiger partial charge in [0.2, 0.25) is 5.78 Å². The van der Waals surface area contributed by atoms with Gasteiger partial charge in [-0.05, 0) is 24.3 Å². The van der Waals surface area contributed by atoms with Crippen molar-refractivity contribution >= 4 is 40.3 Å². The van der Waals surface area contributed by atoms with Crippen LogP contribution in [0.25, 0.3) is 0 Å². The third-order valence-corrected chi connectivity index (χ3v) is 3.78. The first-order valence-electron chi connectivity index (χ1n) is 5.21. The summed E-state index contributed by atoms with van der Waals surface area (Å²) in [5.41, 5.74) is 0.335. The fraction of sp³-hybridized carbons (Fsp3) is 0.0769. The van der Waals surface area contributed by atoms with Crippen molar-refractivity contribution in [3.8, 4) is 11.8 Å². The zero-order valence-electron chi connectivity index (χ0n) is 9.52. The third-order valence-electron chi connectivity index (χ3n) is 2.27. The van der Waals surface area contributed by atoms with Gasteiger partial charge in [0, 0.05) is 11.1 Å². The lowest BCUT2D eigenvalue weighted by Crippen LogP contribution is -2.10. The average molecular weight is 312 g/mol. The van der Waals surface area contributed by atoms with Gasteiger partial charge in [0.15, 0.2) is 6.61 Å². The first kappa shape index (κ1) is 13.9. The van der Waals surface area contributed by atoms with Crippen molar-refractivity contribution in [3.05, 3.63) is 50.1 Å². The number of halogens is 2. The number of ether oxygens (including phenoxy) is 1. The minimum absolute atomic E-state index is 0.161. The van der Waals surface area contributed by atoms with Gasteiger partial charge in [0.25, 0.3) is 0 Å². The van der Waals surface area contributed by atoms with E-state index in [1.54, 1.807) is 24.3 Å². The van der Waals surface area contributed by atoms with Crippen molar-refractivity contribution in [1.29, 1.82) is 5.26 Å². The monoisotopic (exact) mass is 311 g/mol. The molecule has 0 radical (unpaired) electrons. The number of carbonyl (C=O) groups is 1. The highest BCUT2D eigenvalue weighted by atomic mass is 35.5. The second kappa shape index (κ2) is 6.07. The predicted molar refractivity (Wildman–Crippen MR) is 75.3 cm³/mol. The lowest BCUT2D eigenvalue weighted by atomic mass is 10.2. The number of hydrogen-bond acceptors (Lipinski definition) is 4. The van der Waals surface area contributed by atoms with E-state index in [1.807, 2.05) is 6.07 Å². The van der Waals surface area contributed by atoms with Gasteiger partial charge in [-0.15, -0.1) is 11.3 Å². The molecule has 0 fully saturated rings. The highest BCUT2D eigenvalue weighted by Gasteiger charge is 2.11. The molecular formula is C13H7Cl2NO2S. The van der Waals surface area contributed by atoms with Gasteiger partial charge in [-0.2, -0.15) is 5.26 Å². The average Bonchev–Trinajstić information content (AvgIpc) is 2.83. The lowest BCUT2D eigenvalue weighted by molar-refractivity contribution is 0.0925. The molecule has 0 saturated heterocycles. The van der Waals surface area contributed by atoms with Gasteiger partial charge in [0.05, 0.1) is 14.8 Å². The van der Waals surface area contributed by atoms with Crippen LogP contribution in [0.4, 0.5) is 0 Å². The molecule has 0 bridgehead atoms. The van der Waals surface area contributed by atoms with E-state index in [9.17, 15) is 4.79 Å². The molecule has 0 aliphatic heterocycles. The Morgan fingerprint density at radius 3 is 2.74 bits per heavy atom. The number of carbonyl (C=O) groups excluding carboxylic acids is 1. The van der Waals surface area contributed by atoms with Crippen LogP contribution in [0.2, 0.25) is 9.36 Å². The van der Waals surface area contributed by atoms with Gasteiger partial charge >= 0.3 is 0 Å². The second-order valence-electron chi connectivity index (χ2n) is 3.57. The van der Waals surface area contributed by atoms with Gasteiger partial charge in [0.1, 0.15) is 11.8 Å². The Hall–Kier alpha value is -1.54. The molecule has 2 rings (SSSR count). The van der Waals surface area contributed by atoms with Crippen LogP contribution < -0.4 is 4.74 Å². The Kier molecular flexibility index (Phi) is 4.43. The van der Waals surface area contributed by atoms with Crippen molar-refractivity contribution in [2.45, 2.75) is 0 Å². The molecule has 0 saturated carbocycles. The van der Waals surface area contributed by atoms with Crippen molar-refractivity contribution in [3.63, 3.8) is 0 Å². The van der Waals surface area contributed by atoms with Crippen LogP contribution in [-0.2, 0) is 0 Å². The van der Waals surface area contributed by atoms with Crippen LogP contribution in [0.15, 0.2) is 30.3 Å². The fourth-order valence-corrected chi connectivity index (χ4v) is 2.52. The molecule has 1 aromatic heterocycles. The summed E-state index contributed by atoms with van der Waals surface area (Å²) in [5, 5.41) is 9.37. The molecule has 0 atom stereocenters. The molecule has 1 heterocycles. The van der Waals surface area contributed by atoms with Gasteiger partial charge in [-0.3, -0.25) is 4.79 Å². The maximum atomic E-state index is 11.8. The molecule has 0 unspecified atom stereocenters. The number of thiophene rings is 1. The van der Waals surface area contributed by atoms with Crippen LogP contribution in [0, 0.1) is 11.3 Å². The summed E-state index contributed by atoms with van der Waals surface area (Å²) in [7, 11) is 0. The quantitative estimate of drug-likeness (QED) is 0.795. The smallest absolute Gasteiger partial charge is 0.210 e. The highest BCUT2D eigenvalue weighted by Crippen LogP contribution is 2.24. The summed E-state index contributed by atoms with van der Waals surface area (Å²) in [6.07, 6.45) is 0. The zero-order valence-corrected chi connectivity index (χ0v) is 11.9. The number of hydrogen-bond donors (Lipinski definition) is 0. The van der Waals surface area contributed by atoms with Crippen LogP contribution >= 0.6 is 34.5 Å². The number of rotatable bonds is 4. The number of benzene rings is 1. The van der Waals surface area contributed by atoms with Crippen molar-refractivity contribution < 1.29 is 9.53 Å². The predicted octanol–water partition coefficient (Wildman–Crippen LogP) is 4.19. The third kappa shape index (κ3) is 3.48. The topological polar surface area (TPSA) is 50.1 Å². The maximum Gasteiger partial charge on any atom is 0.210 e. The normalized spacial score (nSPS) is 9.95. The molecule has 19 heavy (non-hydrogen) atoms. The summed E-state index contributed by atoms with van der Waals surface area (Å²) >= 11 is 12.8. The number of nitrogens with zero attached hydrogens (tertiary/aromatic N) is 1. The molecule has 96 valence electrons.